The summed E-state index contributed by atoms with van der Waals surface area (Å²) in [6, 6.07) is 3.06. The normalized spacial score (nSPS) is 11.8. The van der Waals surface area contributed by atoms with E-state index in [4.69, 9.17) is 16.7 Å². The maximum atomic E-state index is 12.4. The first-order chi connectivity index (χ1) is 9.77. The van der Waals surface area contributed by atoms with Crippen LogP contribution in [0.15, 0.2) is 18.2 Å². The second kappa shape index (κ2) is 7.03. The summed E-state index contributed by atoms with van der Waals surface area (Å²) in [7, 11) is 0. The van der Waals surface area contributed by atoms with Gasteiger partial charge in [-0.25, -0.2) is 0 Å². The number of carbonyl (C=O) groups is 2. The van der Waals surface area contributed by atoms with E-state index in [0.29, 0.717) is 6.54 Å². The Hall–Kier alpha value is -2.15. The lowest BCUT2D eigenvalue weighted by molar-refractivity contribution is -0.384. The first-order valence-corrected chi connectivity index (χ1v) is 6.62. The molecule has 0 saturated heterocycles. The van der Waals surface area contributed by atoms with Crippen LogP contribution in [0.2, 0.25) is 5.02 Å². The first kappa shape index (κ1) is 16.9. The van der Waals surface area contributed by atoms with Crippen LogP contribution in [0, 0.1) is 10.1 Å². The highest BCUT2D eigenvalue weighted by Gasteiger charge is 2.24. The van der Waals surface area contributed by atoms with Crippen molar-refractivity contribution in [3.05, 3.63) is 38.9 Å². The van der Waals surface area contributed by atoms with Gasteiger partial charge < -0.3 is 10.0 Å². The van der Waals surface area contributed by atoms with Crippen LogP contribution >= 0.6 is 11.6 Å². The van der Waals surface area contributed by atoms with Crippen molar-refractivity contribution in [1.29, 1.82) is 0 Å². The summed E-state index contributed by atoms with van der Waals surface area (Å²) in [4.78, 5) is 34.5. The fraction of sp³-hybridized carbons (Fsp3) is 0.385. The van der Waals surface area contributed by atoms with Crippen molar-refractivity contribution in [2.24, 2.45) is 0 Å². The number of rotatable bonds is 6. The van der Waals surface area contributed by atoms with Gasteiger partial charge in [0, 0.05) is 24.7 Å². The molecule has 8 heteroatoms. The molecular formula is C13H15ClN2O5. The molecule has 0 heterocycles. The van der Waals surface area contributed by atoms with Crippen molar-refractivity contribution in [1.82, 2.24) is 4.90 Å². The first-order valence-electron chi connectivity index (χ1n) is 6.24. The van der Waals surface area contributed by atoms with Gasteiger partial charge >= 0.3 is 5.97 Å². The highest BCUT2D eigenvalue weighted by atomic mass is 35.5. The van der Waals surface area contributed by atoms with Crippen LogP contribution in [-0.2, 0) is 4.79 Å². The van der Waals surface area contributed by atoms with Crippen LogP contribution in [0.25, 0.3) is 0 Å². The van der Waals surface area contributed by atoms with Crippen LogP contribution in [0.5, 0.6) is 0 Å². The van der Waals surface area contributed by atoms with Gasteiger partial charge in [0.2, 0.25) is 0 Å². The van der Waals surface area contributed by atoms with Gasteiger partial charge in [-0.3, -0.25) is 19.7 Å². The van der Waals surface area contributed by atoms with Crippen LogP contribution in [0.1, 0.15) is 30.6 Å². The quantitative estimate of drug-likeness (QED) is 0.642. The number of carboxylic acid groups (broad SMARTS) is 1. The molecule has 1 aromatic rings. The molecule has 1 atom stereocenters. The number of nitrogens with zero attached hydrogens (tertiary/aromatic N) is 2. The van der Waals surface area contributed by atoms with Gasteiger partial charge in [0.15, 0.2) is 0 Å². The summed E-state index contributed by atoms with van der Waals surface area (Å²) in [5.41, 5.74) is -0.0976. The molecule has 1 amide bonds. The van der Waals surface area contributed by atoms with Crippen molar-refractivity contribution in [2.45, 2.75) is 26.3 Å². The molecule has 7 nitrogen and oxygen atoms in total. The summed E-state index contributed by atoms with van der Waals surface area (Å²) in [5.74, 6) is -1.46. The second-order valence-corrected chi connectivity index (χ2v) is 4.87. The Morgan fingerprint density at radius 3 is 2.52 bits per heavy atom. The molecule has 0 aliphatic rings. The number of carbonyl (C=O) groups excluding carboxylic acids is 1. The SMILES string of the molecule is CCN(C(=O)c1ccc([N+](=O)[O-])cc1Cl)C(C)CC(=O)O. The van der Waals surface area contributed by atoms with Crippen LogP contribution < -0.4 is 0 Å². The molecule has 114 valence electrons. The number of hydrogen-bond donors (Lipinski definition) is 1. The molecule has 0 saturated carbocycles. The van der Waals surface area contributed by atoms with E-state index in [2.05, 4.69) is 0 Å². The molecule has 1 rings (SSSR count). The number of hydrogen-bond acceptors (Lipinski definition) is 4. The minimum atomic E-state index is -1.01. The van der Waals surface area contributed by atoms with Crippen LogP contribution in [-0.4, -0.2) is 39.4 Å². The summed E-state index contributed by atoms with van der Waals surface area (Å²) >= 11 is 5.91. The third-order valence-electron chi connectivity index (χ3n) is 3.00. The van der Waals surface area contributed by atoms with Gasteiger partial charge in [0.25, 0.3) is 11.6 Å². The summed E-state index contributed by atoms with van der Waals surface area (Å²) in [6.07, 6.45) is -0.190. The molecule has 0 fully saturated rings. The van der Waals surface area contributed by atoms with E-state index in [-0.39, 0.29) is 22.7 Å². The molecule has 0 aromatic heterocycles. The van der Waals surface area contributed by atoms with E-state index in [9.17, 15) is 19.7 Å². The number of amides is 1. The van der Waals surface area contributed by atoms with E-state index in [0.717, 1.165) is 6.07 Å². The molecule has 1 aromatic carbocycles. The van der Waals surface area contributed by atoms with Crippen LogP contribution in [0.4, 0.5) is 5.69 Å². The van der Waals surface area contributed by atoms with Crippen molar-refractivity contribution in [2.75, 3.05) is 6.54 Å². The Morgan fingerprint density at radius 2 is 2.10 bits per heavy atom. The van der Waals surface area contributed by atoms with E-state index in [1.165, 1.54) is 17.0 Å². The predicted molar refractivity (Wildman–Crippen MR) is 76.5 cm³/mol. The topological polar surface area (TPSA) is 101 Å². The van der Waals surface area contributed by atoms with Gasteiger partial charge in [0.05, 0.1) is 21.9 Å². The summed E-state index contributed by atoms with van der Waals surface area (Å²) in [5, 5.41) is 19.4. The van der Waals surface area contributed by atoms with Crippen molar-refractivity contribution in [3.63, 3.8) is 0 Å². The standard InChI is InChI=1S/C13H15ClN2O5/c1-3-15(8(2)6-12(17)18)13(19)10-5-4-9(16(20)21)7-11(10)14/h4-5,7-8H,3,6H2,1-2H3,(H,17,18). The van der Waals surface area contributed by atoms with Crippen molar-refractivity contribution < 1.29 is 19.6 Å². The van der Waals surface area contributed by atoms with Gasteiger partial charge in [-0.1, -0.05) is 11.6 Å². The molecule has 1 unspecified atom stereocenters. The van der Waals surface area contributed by atoms with E-state index >= 15 is 0 Å². The highest BCUT2D eigenvalue weighted by molar-refractivity contribution is 6.34. The molecule has 1 N–H and O–H groups in total. The second-order valence-electron chi connectivity index (χ2n) is 4.46. The Bertz CT molecular complexity index is 576. The zero-order valence-electron chi connectivity index (χ0n) is 11.6. The molecule has 21 heavy (non-hydrogen) atoms. The van der Waals surface area contributed by atoms with Crippen LogP contribution in [0.3, 0.4) is 0 Å². The minimum absolute atomic E-state index is 0.0322. The lowest BCUT2D eigenvalue weighted by atomic mass is 10.1. The number of non-ortho nitro benzene ring substituents is 1. The fourth-order valence-corrected chi connectivity index (χ4v) is 2.22. The van der Waals surface area contributed by atoms with Gasteiger partial charge in [0.1, 0.15) is 0 Å². The van der Waals surface area contributed by atoms with E-state index < -0.39 is 22.8 Å². The smallest absolute Gasteiger partial charge is 0.305 e. The Morgan fingerprint density at radius 1 is 1.48 bits per heavy atom. The lowest BCUT2D eigenvalue weighted by Crippen LogP contribution is -2.39. The number of nitro benzene ring substituents is 1. The third-order valence-corrected chi connectivity index (χ3v) is 3.31. The zero-order chi connectivity index (χ0) is 16.2. The summed E-state index contributed by atoms with van der Waals surface area (Å²) < 4.78 is 0. The maximum Gasteiger partial charge on any atom is 0.305 e. The third kappa shape index (κ3) is 4.16. The average molecular weight is 315 g/mol. The number of aliphatic carboxylic acids is 1. The average Bonchev–Trinajstić information content (AvgIpc) is 2.38. The van der Waals surface area contributed by atoms with Gasteiger partial charge in [-0.2, -0.15) is 0 Å². The molecule has 0 spiro atoms. The molecule has 0 bridgehead atoms. The maximum absolute atomic E-state index is 12.4. The molecule has 0 aliphatic carbocycles. The molecule has 0 radical (unpaired) electrons. The Kier molecular flexibility index (Phi) is 5.66. The largest absolute Gasteiger partial charge is 0.481 e. The molecule has 0 aliphatic heterocycles. The van der Waals surface area contributed by atoms with Crippen molar-refractivity contribution >= 4 is 29.2 Å². The fourth-order valence-electron chi connectivity index (χ4n) is 1.96. The zero-order valence-corrected chi connectivity index (χ0v) is 12.3. The Labute approximate surface area is 126 Å². The van der Waals surface area contributed by atoms with Gasteiger partial charge in [-0.05, 0) is 19.9 Å². The monoisotopic (exact) mass is 314 g/mol. The van der Waals surface area contributed by atoms with E-state index in [1.54, 1.807) is 13.8 Å². The molecular weight excluding hydrogens is 300 g/mol. The summed E-state index contributed by atoms with van der Waals surface area (Å²) in [6.45, 7) is 3.64. The van der Waals surface area contributed by atoms with Gasteiger partial charge in [-0.15, -0.1) is 0 Å². The van der Waals surface area contributed by atoms with Crippen molar-refractivity contribution in [3.8, 4) is 0 Å². The number of carboxylic acids is 1. The highest BCUT2D eigenvalue weighted by Crippen LogP contribution is 2.24. The number of nitro groups is 1. The van der Waals surface area contributed by atoms with E-state index in [1.807, 2.05) is 0 Å². The number of halogens is 1. The lowest BCUT2D eigenvalue weighted by Gasteiger charge is -2.27. The predicted octanol–water partition coefficient (Wildman–Crippen LogP) is 2.57. The Balaban J connectivity index is 3.05. The minimum Gasteiger partial charge on any atom is -0.481 e. The number of benzene rings is 1.